The Bertz CT molecular complexity index is 860. The number of rotatable bonds is 13. The highest BCUT2D eigenvalue weighted by molar-refractivity contribution is 7.10. The summed E-state index contributed by atoms with van der Waals surface area (Å²) in [6.07, 6.45) is 2.79. The summed E-state index contributed by atoms with van der Waals surface area (Å²) in [5, 5.41) is 12.4. The van der Waals surface area contributed by atoms with Gasteiger partial charge in [0.2, 0.25) is 5.91 Å². The maximum atomic E-state index is 13.4. The lowest BCUT2D eigenvalue weighted by molar-refractivity contribution is -0.136. The highest BCUT2D eigenvalue weighted by Crippen LogP contribution is 2.34. The second-order valence-electron chi connectivity index (χ2n) is 8.44. The predicted molar refractivity (Wildman–Crippen MR) is 128 cm³/mol. The number of nitrogens with zero attached hydrogens (tertiary/aromatic N) is 2. The number of fused-ring (bicyclic) bond motifs is 1. The van der Waals surface area contributed by atoms with E-state index in [1.807, 2.05) is 16.7 Å². The van der Waals surface area contributed by atoms with Crippen LogP contribution in [0.2, 0.25) is 0 Å². The zero-order chi connectivity index (χ0) is 23.6. The van der Waals surface area contributed by atoms with Crippen LogP contribution in [0.25, 0.3) is 0 Å². The number of carbonyl (C=O) groups is 1. The molecule has 0 fully saturated rings. The van der Waals surface area contributed by atoms with Crippen molar-refractivity contribution in [1.29, 1.82) is 0 Å². The molecule has 2 aromatic rings. The zero-order valence-electron chi connectivity index (χ0n) is 19.5. The van der Waals surface area contributed by atoms with E-state index in [0.29, 0.717) is 45.0 Å². The Morgan fingerprint density at radius 1 is 1.33 bits per heavy atom. The summed E-state index contributed by atoms with van der Waals surface area (Å²) < 4.78 is 24.4. The van der Waals surface area contributed by atoms with Gasteiger partial charge in [-0.05, 0) is 60.5 Å². The van der Waals surface area contributed by atoms with Gasteiger partial charge in [-0.3, -0.25) is 9.69 Å². The van der Waals surface area contributed by atoms with Crippen molar-refractivity contribution in [2.45, 2.75) is 44.8 Å². The Kier molecular flexibility index (Phi) is 10.1. The van der Waals surface area contributed by atoms with E-state index in [4.69, 9.17) is 9.47 Å². The van der Waals surface area contributed by atoms with Crippen molar-refractivity contribution in [3.05, 3.63) is 52.0 Å². The summed E-state index contributed by atoms with van der Waals surface area (Å²) in [4.78, 5) is 18.7. The summed E-state index contributed by atoms with van der Waals surface area (Å²) in [6.45, 7) is 5.01. The van der Waals surface area contributed by atoms with Crippen LogP contribution >= 0.6 is 11.3 Å². The molecule has 1 aromatic heterocycles. The lowest BCUT2D eigenvalue weighted by atomic mass is 10.0. The van der Waals surface area contributed by atoms with Crippen molar-refractivity contribution in [3.8, 4) is 5.75 Å². The van der Waals surface area contributed by atoms with Crippen LogP contribution < -0.4 is 4.74 Å². The normalized spacial score (nSPS) is 16.6. The van der Waals surface area contributed by atoms with E-state index in [9.17, 15) is 14.3 Å². The largest absolute Gasteiger partial charge is 0.491 e. The van der Waals surface area contributed by atoms with Gasteiger partial charge in [-0.2, -0.15) is 0 Å². The smallest absolute Gasteiger partial charge is 0.237 e. The number of ether oxygens (including phenoxy) is 2. The average Bonchev–Trinajstić information content (AvgIpc) is 3.28. The van der Waals surface area contributed by atoms with Crippen LogP contribution in [0.3, 0.4) is 0 Å². The molecule has 0 bridgehead atoms. The van der Waals surface area contributed by atoms with Gasteiger partial charge in [0.15, 0.2) is 0 Å². The molecule has 1 aromatic carbocycles. The van der Waals surface area contributed by atoms with Crippen LogP contribution in [-0.4, -0.2) is 73.4 Å². The van der Waals surface area contributed by atoms with Crippen LogP contribution in [0.4, 0.5) is 4.39 Å². The fraction of sp³-hybridized carbons (Fsp3) is 0.560. The number of halogens is 1. The Morgan fingerprint density at radius 2 is 2.12 bits per heavy atom. The molecule has 0 aliphatic carbocycles. The second-order valence-corrected chi connectivity index (χ2v) is 9.44. The van der Waals surface area contributed by atoms with Gasteiger partial charge < -0.3 is 19.5 Å². The minimum absolute atomic E-state index is 0.0284. The van der Waals surface area contributed by atoms with E-state index < -0.39 is 6.10 Å². The molecule has 0 saturated carbocycles. The van der Waals surface area contributed by atoms with Crippen molar-refractivity contribution in [2.24, 2.45) is 0 Å². The number of methoxy groups -OCH3 is 1. The highest BCUT2D eigenvalue weighted by atomic mass is 32.1. The van der Waals surface area contributed by atoms with E-state index in [0.717, 1.165) is 24.8 Å². The molecule has 182 valence electrons. The molecule has 33 heavy (non-hydrogen) atoms. The minimum atomic E-state index is -0.451. The molecule has 1 aliphatic rings. The molecule has 0 unspecified atom stereocenters. The molecule has 2 atom stereocenters. The number of benzene rings is 1. The quantitative estimate of drug-likeness (QED) is 0.443. The Morgan fingerprint density at radius 3 is 2.85 bits per heavy atom. The van der Waals surface area contributed by atoms with E-state index in [1.165, 1.54) is 17.0 Å². The van der Waals surface area contributed by atoms with Crippen LogP contribution in [0.1, 0.15) is 42.7 Å². The molecular formula is C25H35FN2O4S. The van der Waals surface area contributed by atoms with E-state index in [1.54, 1.807) is 30.6 Å². The van der Waals surface area contributed by atoms with Gasteiger partial charge in [-0.1, -0.05) is 13.3 Å². The van der Waals surface area contributed by atoms with Gasteiger partial charge in [-0.25, -0.2) is 4.39 Å². The highest BCUT2D eigenvalue weighted by Gasteiger charge is 2.33. The Hall–Kier alpha value is -2.00. The Labute approximate surface area is 199 Å². The van der Waals surface area contributed by atoms with Crippen molar-refractivity contribution < 1.29 is 23.8 Å². The topological polar surface area (TPSA) is 62.2 Å². The van der Waals surface area contributed by atoms with Crippen molar-refractivity contribution in [3.63, 3.8) is 0 Å². The molecule has 3 rings (SSSR count). The summed E-state index contributed by atoms with van der Waals surface area (Å²) in [5.74, 6) is 0.298. The number of aliphatic hydroxyl groups excluding tert-OH is 1. The fourth-order valence-electron chi connectivity index (χ4n) is 4.25. The molecule has 1 N–H and O–H groups in total. The molecule has 2 heterocycles. The summed E-state index contributed by atoms with van der Waals surface area (Å²) >= 11 is 1.71. The van der Waals surface area contributed by atoms with Crippen molar-refractivity contribution >= 4 is 17.2 Å². The lowest BCUT2D eigenvalue weighted by Crippen LogP contribution is -2.48. The van der Waals surface area contributed by atoms with Gasteiger partial charge in [0.1, 0.15) is 18.2 Å². The maximum absolute atomic E-state index is 13.4. The molecular weight excluding hydrogens is 443 g/mol. The molecule has 0 spiro atoms. The number of thiophene rings is 1. The third-order valence-electron chi connectivity index (χ3n) is 5.91. The lowest BCUT2D eigenvalue weighted by Gasteiger charge is -2.37. The standard InChI is InChI=1S/C25H35FN2O4S/c1-3-5-20(29)16-27(12-4-14-31-2)17-25(30)28-13-10-24-22(11-15-33-24)23(28)18-32-21-8-6-19(26)7-9-21/h6-9,11,15,20,23,29H,3-5,10,12-14,16-18H2,1-2H3/t20-,23+/m1/s1. The first-order valence-electron chi connectivity index (χ1n) is 11.6. The molecule has 0 radical (unpaired) electrons. The first-order chi connectivity index (χ1) is 16.0. The van der Waals surface area contributed by atoms with E-state index in [2.05, 4.69) is 11.4 Å². The van der Waals surface area contributed by atoms with Crippen LogP contribution in [-0.2, 0) is 16.0 Å². The van der Waals surface area contributed by atoms with E-state index >= 15 is 0 Å². The molecule has 6 nitrogen and oxygen atoms in total. The van der Waals surface area contributed by atoms with Gasteiger partial charge in [-0.15, -0.1) is 11.3 Å². The number of hydrogen-bond donors (Lipinski definition) is 1. The van der Waals surface area contributed by atoms with Crippen LogP contribution in [0.5, 0.6) is 5.75 Å². The minimum Gasteiger partial charge on any atom is -0.491 e. The fourth-order valence-corrected chi connectivity index (χ4v) is 5.18. The number of hydrogen-bond acceptors (Lipinski definition) is 6. The monoisotopic (exact) mass is 478 g/mol. The van der Waals surface area contributed by atoms with Gasteiger partial charge in [0, 0.05) is 38.2 Å². The van der Waals surface area contributed by atoms with Crippen molar-refractivity contribution in [2.75, 3.05) is 46.5 Å². The molecule has 8 heteroatoms. The summed E-state index contributed by atoms with van der Waals surface area (Å²) in [6, 6.07) is 7.82. The Balaban J connectivity index is 1.69. The molecule has 1 amide bonds. The van der Waals surface area contributed by atoms with Gasteiger partial charge in [0.05, 0.1) is 18.7 Å². The van der Waals surface area contributed by atoms with Crippen LogP contribution in [0.15, 0.2) is 35.7 Å². The third kappa shape index (κ3) is 7.50. The van der Waals surface area contributed by atoms with E-state index in [-0.39, 0.29) is 24.3 Å². The van der Waals surface area contributed by atoms with Crippen molar-refractivity contribution in [1.82, 2.24) is 9.80 Å². The van der Waals surface area contributed by atoms with Gasteiger partial charge in [0.25, 0.3) is 0 Å². The number of carbonyl (C=O) groups excluding carboxylic acids is 1. The number of amides is 1. The van der Waals surface area contributed by atoms with Crippen LogP contribution in [0, 0.1) is 5.82 Å². The first kappa shape index (κ1) is 25.6. The van der Waals surface area contributed by atoms with Gasteiger partial charge >= 0.3 is 0 Å². The number of aliphatic hydroxyl groups is 1. The summed E-state index contributed by atoms with van der Waals surface area (Å²) in [7, 11) is 1.67. The third-order valence-corrected chi connectivity index (χ3v) is 6.91. The predicted octanol–water partition coefficient (Wildman–Crippen LogP) is 3.89. The molecule has 0 saturated heterocycles. The second kappa shape index (κ2) is 13.0. The summed E-state index contributed by atoms with van der Waals surface area (Å²) in [5.41, 5.74) is 1.12. The SMILES string of the molecule is CCC[C@@H](O)CN(CCCOC)CC(=O)N1CCc2sccc2[C@@H]1COc1ccc(F)cc1. The molecule has 1 aliphatic heterocycles. The average molecular weight is 479 g/mol. The first-order valence-corrected chi connectivity index (χ1v) is 12.5. The zero-order valence-corrected chi connectivity index (χ0v) is 20.4. The maximum Gasteiger partial charge on any atom is 0.237 e.